The lowest BCUT2D eigenvalue weighted by molar-refractivity contribution is -0.143. The molecule has 112 valence electrons. The summed E-state index contributed by atoms with van der Waals surface area (Å²) in [7, 11) is 1.55. The number of hydrogen-bond acceptors (Lipinski definition) is 6. The molecular formula is C12H18BrN3O4. The number of methoxy groups -OCH3 is 1. The molecule has 1 atom stereocenters. The second kappa shape index (κ2) is 8.01. The highest BCUT2D eigenvalue weighted by Crippen LogP contribution is 2.17. The summed E-state index contributed by atoms with van der Waals surface area (Å²) in [6, 6.07) is -0.567. The monoisotopic (exact) mass is 347 g/mol. The van der Waals surface area contributed by atoms with Crippen molar-refractivity contribution in [3.05, 3.63) is 21.0 Å². The molecule has 0 saturated carbocycles. The zero-order valence-corrected chi connectivity index (χ0v) is 13.3. The van der Waals surface area contributed by atoms with Gasteiger partial charge in [-0.1, -0.05) is 0 Å². The lowest BCUT2D eigenvalue weighted by Gasteiger charge is -2.15. The van der Waals surface area contributed by atoms with Gasteiger partial charge in [0.05, 0.1) is 31.6 Å². The van der Waals surface area contributed by atoms with E-state index in [9.17, 15) is 9.59 Å². The molecule has 0 aliphatic rings. The molecule has 1 heterocycles. The van der Waals surface area contributed by atoms with E-state index in [4.69, 9.17) is 9.47 Å². The Bertz CT molecular complexity index is 518. The van der Waals surface area contributed by atoms with Crippen molar-refractivity contribution < 1.29 is 14.3 Å². The van der Waals surface area contributed by atoms with Crippen LogP contribution in [0.2, 0.25) is 0 Å². The van der Waals surface area contributed by atoms with Crippen molar-refractivity contribution in [3.8, 4) is 0 Å². The molecule has 8 heteroatoms. The normalized spacial score (nSPS) is 12.0. The third-order valence-electron chi connectivity index (χ3n) is 2.50. The van der Waals surface area contributed by atoms with Crippen LogP contribution >= 0.6 is 15.9 Å². The molecule has 0 aromatic carbocycles. The fraction of sp³-hybridized carbons (Fsp3) is 0.583. The molecule has 0 aliphatic carbocycles. The van der Waals surface area contributed by atoms with E-state index in [1.165, 1.54) is 10.9 Å². The predicted molar refractivity (Wildman–Crippen MR) is 77.8 cm³/mol. The molecule has 20 heavy (non-hydrogen) atoms. The Labute approximate surface area is 125 Å². The molecule has 1 aromatic heterocycles. The van der Waals surface area contributed by atoms with Crippen LogP contribution in [0.3, 0.4) is 0 Å². The standard InChI is InChI=1S/C12H18BrN3O4/c1-4-20-12(18)8(2)15-9-7-14-16(5-6-19-3)11(17)10(9)13/h7-8,15H,4-6H2,1-3H3. The van der Waals surface area contributed by atoms with Gasteiger partial charge in [0.1, 0.15) is 10.5 Å². The average molecular weight is 348 g/mol. The van der Waals surface area contributed by atoms with Gasteiger partial charge in [0.2, 0.25) is 0 Å². The first-order valence-electron chi connectivity index (χ1n) is 6.19. The summed E-state index contributed by atoms with van der Waals surface area (Å²) in [5.74, 6) is -0.386. The lowest BCUT2D eigenvalue weighted by atomic mass is 10.3. The molecule has 7 nitrogen and oxygen atoms in total. The first kappa shape index (κ1) is 16.6. The number of nitrogens with one attached hydrogen (secondary N) is 1. The number of nitrogens with zero attached hydrogens (tertiary/aromatic N) is 2. The van der Waals surface area contributed by atoms with Crippen molar-refractivity contribution in [2.45, 2.75) is 26.4 Å². The van der Waals surface area contributed by atoms with Gasteiger partial charge in [0, 0.05) is 7.11 Å². The number of rotatable bonds is 7. The highest BCUT2D eigenvalue weighted by molar-refractivity contribution is 9.10. The summed E-state index contributed by atoms with van der Waals surface area (Å²) < 4.78 is 11.4. The highest BCUT2D eigenvalue weighted by atomic mass is 79.9. The third kappa shape index (κ3) is 4.31. The number of anilines is 1. The Balaban J connectivity index is 2.85. The van der Waals surface area contributed by atoms with Crippen LogP contribution in [0.15, 0.2) is 15.5 Å². The minimum atomic E-state index is -0.567. The number of carbonyl (C=O) groups excluding carboxylic acids is 1. The first-order valence-corrected chi connectivity index (χ1v) is 6.98. The quantitative estimate of drug-likeness (QED) is 0.741. The molecule has 0 radical (unpaired) electrons. The molecular weight excluding hydrogens is 330 g/mol. The third-order valence-corrected chi connectivity index (χ3v) is 3.27. The fourth-order valence-electron chi connectivity index (χ4n) is 1.46. The minimum Gasteiger partial charge on any atom is -0.464 e. The van der Waals surface area contributed by atoms with Crippen molar-refractivity contribution in [3.63, 3.8) is 0 Å². The molecule has 0 bridgehead atoms. The zero-order chi connectivity index (χ0) is 15.1. The smallest absolute Gasteiger partial charge is 0.328 e. The summed E-state index contributed by atoms with van der Waals surface area (Å²) in [6.45, 7) is 4.45. The van der Waals surface area contributed by atoms with Gasteiger partial charge in [-0.15, -0.1) is 0 Å². The van der Waals surface area contributed by atoms with E-state index in [1.807, 2.05) is 0 Å². The molecule has 0 saturated heterocycles. The molecule has 0 fully saturated rings. The highest BCUT2D eigenvalue weighted by Gasteiger charge is 2.16. The van der Waals surface area contributed by atoms with Crippen LogP contribution in [0.1, 0.15) is 13.8 Å². The van der Waals surface area contributed by atoms with E-state index in [-0.39, 0.29) is 11.5 Å². The van der Waals surface area contributed by atoms with Crippen molar-refractivity contribution in [2.75, 3.05) is 25.6 Å². The molecule has 0 amide bonds. The second-order valence-corrected chi connectivity index (χ2v) is 4.80. The van der Waals surface area contributed by atoms with Gasteiger partial charge in [0.25, 0.3) is 5.56 Å². The van der Waals surface area contributed by atoms with Crippen LogP contribution in [-0.2, 0) is 20.8 Å². The van der Waals surface area contributed by atoms with Gasteiger partial charge >= 0.3 is 5.97 Å². The van der Waals surface area contributed by atoms with Crippen LogP contribution in [0, 0.1) is 0 Å². The molecule has 1 unspecified atom stereocenters. The van der Waals surface area contributed by atoms with Gasteiger partial charge in [-0.05, 0) is 29.8 Å². The molecule has 0 spiro atoms. The first-order chi connectivity index (χ1) is 9.51. The van der Waals surface area contributed by atoms with Crippen LogP contribution in [-0.4, -0.2) is 42.1 Å². The Morgan fingerprint density at radius 3 is 2.90 bits per heavy atom. The van der Waals surface area contributed by atoms with Gasteiger partial charge in [-0.3, -0.25) is 4.79 Å². The topological polar surface area (TPSA) is 82.4 Å². The maximum atomic E-state index is 12.0. The van der Waals surface area contributed by atoms with Crippen molar-refractivity contribution >= 4 is 27.6 Å². The zero-order valence-electron chi connectivity index (χ0n) is 11.7. The Kier molecular flexibility index (Phi) is 6.66. The largest absolute Gasteiger partial charge is 0.464 e. The van der Waals surface area contributed by atoms with Crippen LogP contribution in [0.4, 0.5) is 5.69 Å². The van der Waals surface area contributed by atoms with E-state index in [0.717, 1.165) is 0 Å². The van der Waals surface area contributed by atoms with Crippen LogP contribution < -0.4 is 10.9 Å². The lowest BCUT2D eigenvalue weighted by Crippen LogP contribution is -2.31. The SMILES string of the molecule is CCOC(=O)C(C)Nc1cnn(CCOC)c(=O)c1Br. The summed E-state index contributed by atoms with van der Waals surface area (Å²) in [5, 5.41) is 6.90. The van der Waals surface area contributed by atoms with Gasteiger partial charge in [-0.2, -0.15) is 5.10 Å². The number of esters is 1. The number of halogens is 1. The minimum absolute atomic E-state index is 0.289. The molecule has 1 N–H and O–H groups in total. The maximum absolute atomic E-state index is 12.0. The van der Waals surface area contributed by atoms with E-state index in [2.05, 4.69) is 26.3 Å². The number of carbonyl (C=O) groups is 1. The Morgan fingerprint density at radius 2 is 2.30 bits per heavy atom. The predicted octanol–water partition coefficient (Wildman–Crippen LogP) is 1.02. The maximum Gasteiger partial charge on any atom is 0.328 e. The fourth-order valence-corrected chi connectivity index (χ4v) is 1.88. The molecule has 0 aliphatic heterocycles. The van der Waals surface area contributed by atoms with E-state index < -0.39 is 6.04 Å². The number of hydrogen-bond donors (Lipinski definition) is 1. The van der Waals surface area contributed by atoms with Crippen molar-refractivity contribution in [1.29, 1.82) is 0 Å². The molecule has 1 rings (SSSR count). The van der Waals surface area contributed by atoms with Crippen LogP contribution in [0.5, 0.6) is 0 Å². The molecule has 1 aromatic rings. The Morgan fingerprint density at radius 1 is 1.60 bits per heavy atom. The van der Waals surface area contributed by atoms with Crippen molar-refractivity contribution in [1.82, 2.24) is 9.78 Å². The number of ether oxygens (including phenoxy) is 2. The van der Waals surface area contributed by atoms with Crippen molar-refractivity contribution in [2.24, 2.45) is 0 Å². The summed E-state index contributed by atoms with van der Waals surface area (Å²) in [5.41, 5.74) is 0.160. The summed E-state index contributed by atoms with van der Waals surface area (Å²) in [6.07, 6.45) is 1.48. The van der Waals surface area contributed by atoms with E-state index in [0.29, 0.717) is 29.9 Å². The number of aromatic nitrogens is 2. The summed E-state index contributed by atoms with van der Waals surface area (Å²) >= 11 is 3.21. The van der Waals surface area contributed by atoms with E-state index in [1.54, 1.807) is 21.0 Å². The van der Waals surface area contributed by atoms with E-state index >= 15 is 0 Å². The van der Waals surface area contributed by atoms with Gasteiger partial charge in [-0.25, -0.2) is 9.48 Å². The average Bonchev–Trinajstić information content (AvgIpc) is 2.43. The Hall–Kier alpha value is -1.41. The second-order valence-electron chi connectivity index (χ2n) is 4.01. The summed E-state index contributed by atoms with van der Waals surface area (Å²) in [4.78, 5) is 23.5. The van der Waals surface area contributed by atoms with Gasteiger partial charge in [0.15, 0.2) is 0 Å². The van der Waals surface area contributed by atoms with Gasteiger partial charge < -0.3 is 14.8 Å². The van der Waals surface area contributed by atoms with Crippen LogP contribution in [0.25, 0.3) is 0 Å².